The summed E-state index contributed by atoms with van der Waals surface area (Å²) in [6.07, 6.45) is 0. The molecule has 1 rings (SSSR count). The molecule has 0 saturated carbocycles. The van der Waals surface area contributed by atoms with Gasteiger partial charge in [0.25, 0.3) is 0 Å². The van der Waals surface area contributed by atoms with Crippen LogP contribution in [0.5, 0.6) is 0 Å². The van der Waals surface area contributed by atoms with Crippen LogP contribution in [0.4, 0.5) is 0 Å². The van der Waals surface area contributed by atoms with Gasteiger partial charge in [-0.3, -0.25) is 9.69 Å². The highest BCUT2D eigenvalue weighted by Crippen LogP contribution is 2.09. The van der Waals surface area contributed by atoms with Crippen LogP contribution in [0.2, 0.25) is 0 Å². The van der Waals surface area contributed by atoms with Gasteiger partial charge in [0.05, 0.1) is 13.2 Å². The monoisotopic (exact) mass is 264 g/mol. The van der Waals surface area contributed by atoms with Crippen molar-refractivity contribution in [3.63, 3.8) is 0 Å². The molecule has 0 bridgehead atoms. The lowest BCUT2D eigenvalue weighted by Crippen LogP contribution is -2.42. The van der Waals surface area contributed by atoms with Gasteiger partial charge >= 0.3 is 0 Å². The largest absolute Gasteiger partial charge is 0.395 e. The third-order valence-electron chi connectivity index (χ3n) is 3.03. The van der Waals surface area contributed by atoms with E-state index in [-0.39, 0.29) is 18.6 Å². The summed E-state index contributed by atoms with van der Waals surface area (Å²) in [6.45, 7) is 5.60. The molecule has 4 heteroatoms. The molecular weight excluding hydrogens is 240 g/mol. The minimum atomic E-state index is 0.0736. The third-order valence-corrected chi connectivity index (χ3v) is 3.03. The zero-order chi connectivity index (χ0) is 14.3. The first-order chi connectivity index (χ1) is 9.04. The third kappa shape index (κ3) is 5.41. The summed E-state index contributed by atoms with van der Waals surface area (Å²) in [4.78, 5) is 16.0. The van der Waals surface area contributed by atoms with Gasteiger partial charge in [-0.2, -0.15) is 0 Å². The Balaban J connectivity index is 2.64. The molecule has 0 aliphatic rings. The summed E-state index contributed by atoms with van der Waals surface area (Å²) in [6, 6.07) is 10.2. The van der Waals surface area contributed by atoms with Gasteiger partial charge in [-0.05, 0) is 26.5 Å². The highest BCUT2D eigenvalue weighted by atomic mass is 16.3. The van der Waals surface area contributed by atoms with Crippen molar-refractivity contribution in [1.29, 1.82) is 0 Å². The topological polar surface area (TPSA) is 43.8 Å². The smallest absolute Gasteiger partial charge is 0.237 e. The highest BCUT2D eigenvalue weighted by molar-refractivity contribution is 5.78. The molecule has 0 aliphatic carbocycles. The van der Waals surface area contributed by atoms with Crippen molar-refractivity contribution in [1.82, 2.24) is 9.80 Å². The minimum absolute atomic E-state index is 0.0736. The lowest BCUT2D eigenvalue weighted by molar-refractivity contribution is -0.134. The van der Waals surface area contributed by atoms with Gasteiger partial charge in [0.2, 0.25) is 5.91 Å². The number of carbonyl (C=O) groups excluding carboxylic acids is 1. The fourth-order valence-electron chi connectivity index (χ4n) is 1.91. The lowest BCUT2D eigenvalue weighted by atomic mass is 10.2. The van der Waals surface area contributed by atoms with Crippen molar-refractivity contribution in [2.24, 2.45) is 0 Å². The van der Waals surface area contributed by atoms with Crippen LogP contribution in [0.3, 0.4) is 0 Å². The van der Waals surface area contributed by atoms with Crippen LogP contribution < -0.4 is 0 Å². The van der Waals surface area contributed by atoms with Crippen molar-refractivity contribution in [2.75, 3.05) is 26.7 Å². The Kier molecular flexibility index (Phi) is 6.53. The number of benzene rings is 1. The molecular formula is C15H24N2O2. The van der Waals surface area contributed by atoms with E-state index < -0.39 is 0 Å². The second-order valence-electron chi connectivity index (χ2n) is 5.06. The van der Waals surface area contributed by atoms with Crippen molar-refractivity contribution < 1.29 is 9.90 Å². The average Bonchev–Trinajstić information content (AvgIpc) is 2.36. The number of hydrogen-bond donors (Lipinski definition) is 1. The van der Waals surface area contributed by atoms with E-state index in [0.717, 1.165) is 5.56 Å². The number of likely N-dealkylation sites (N-methyl/N-ethyl adjacent to an activating group) is 1. The SMILES string of the molecule is CC(C)N(Cc1ccccc1)C(=O)CN(C)CCO. The fourth-order valence-corrected chi connectivity index (χ4v) is 1.91. The first-order valence-electron chi connectivity index (χ1n) is 6.67. The number of carbonyl (C=O) groups is 1. The van der Waals surface area contributed by atoms with Gasteiger partial charge in [0, 0.05) is 19.1 Å². The molecule has 4 nitrogen and oxygen atoms in total. The van der Waals surface area contributed by atoms with Crippen molar-refractivity contribution in [2.45, 2.75) is 26.4 Å². The Hall–Kier alpha value is -1.39. The summed E-state index contributed by atoms with van der Waals surface area (Å²) < 4.78 is 0. The molecule has 0 fully saturated rings. The molecule has 0 atom stereocenters. The van der Waals surface area contributed by atoms with Crippen molar-refractivity contribution in [3.8, 4) is 0 Å². The van der Waals surface area contributed by atoms with Gasteiger partial charge in [-0.25, -0.2) is 0 Å². The van der Waals surface area contributed by atoms with Crippen LogP contribution in [0, 0.1) is 0 Å². The second-order valence-corrected chi connectivity index (χ2v) is 5.06. The maximum absolute atomic E-state index is 12.3. The van der Waals surface area contributed by atoms with Gasteiger partial charge in [0.1, 0.15) is 0 Å². The summed E-state index contributed by atoms with van der Waals surface area (Å²) in [7, 11) is 1.84. The van der Waals surface area contributed by atoms with Crippen LogP contribution >= 0.6 is 0 Å². The molecule has 0 unspecified atom stereocenters. The standard InChI is InChI=1S/C15H24N2O2/c1-13(2)17(11-14-7-5-4-6-8-14)15(19)12-16(3)9-10-18/h4-8,13,18H,9-12H2,1-3H3. The Labute approximate surface area is 115 Å². The molecule has 0 heterocycles. The van der Waals surface area contributed by atoms with Crippen LogP contribution in [-0.4, -0.2) is 53.6 Å². The number of aliphatic hydroxyl groups excluding tert-OH is 1. The van der Waals surface area contributed by atoms with Gasteiger partial charge in [-0.15, -0.1) is 0 Å². The molecule has 106 valence electrons. The molecule has 0 radical (unpaired) electrons. The molecule has 1 amide bonds. The predicted molar refractivity (Wildman–Crippen MR) is 76.7 cm³/mol. The molecule has 1 aromatic rings. The molecule has 1 N–H and O–H groups in total. The Morgan fingerprint density at radius 1 is 1.26 bits per heavy atom. The molecule has 1 aromatic carbocycles. The summed E-state index contributed by atoms with van der Waals surface area (Å²) >= 11 is 0. The highest BCUT2D eigenvalue weighted by Gasteiger charge is 2.18. The number of nitrogens with zero attached hydrogens (tertiary/aromatic N) is 2. The fraction of sp³-hybridized carbons (Fsp3) is 0.533. The van der Waals surface area contributed by atoms with Crippen molar-refractivity contribution in [3.05, 3.63) is 35.9 Å². The van der Waals surface area contributed by atoms with E-state index in [1.165, 1.54) is 0 Å². The van der Waals surface area contributed by atoms with E-state index in [0.29, 0.717) is 19.6 Å². The number of rotatable bonds is 7. The van der Waals surface area contributed by atoms with Crippen LogP contribution in [0.25, 0.3) is 0 Å². The van der Waals surface area contributed by atoms with Gasteiger partial charge in [0.15, 0.2) is 0 Å². The molecule has 19 heavy (non-hydrogen) atoms. The van der Waals surface area contributed by atoms with E-state index in [2.05, 4.69) is 0 Å². The normalized spacial score (nSPS) is 11.1. The van der Waals surface area contributed by atoms with Crippen LogP contribution in [-0.2, 0) is 11.3 Å². The molecule has 0 saturated heterocycles. The maximum atomic E-state index is 12.3. The molecule has 0 aliphatic heterocycles. The van der Waals surface area contributed by atoms with E-state index in [1.807, 2.05) is 61.0 Å². The average molecular weight is 264 g/mol. The Morgan fingerprint density at radius 2 is 1.89 bits per heavy atom. The summed E-state index contributed by atoms with van der Waals surface area (Å²) in [5.41, 5.74) is 1.13. The summed E-state index contributed by atoms with van der Waals surface area (Å²) in [5, 5.41) is 8.87. The maximum Gasteiger partial charge on any atom is 0.237 e. The van der Waals surface area contributed by atoms with Gasteiger partial charge in [-0.1, -0.05) is 30.3 Å². The van der Waals surface area contributed by atoms with E-state index >= 15 is 0 Å². The first-order valence-corrected chi connectivity index (χ1v) is 6.67. The number of amides is 1. The van der Waals surface area contributed by atoms with Gasteiger partial charge < -0.3 is 10.0 Å². The second kappa shape index (κ2) is 7.92. The van der Waals surface area contributed by atoms with E-state index in [9.17, 15) is 4.79 Å². The van der Waals surface area contributed by atoms with E-state index in [4.69, 9.17) is 5.11 Å². The zero-order valence-electron chi connectivity index (χ0n) is 12.0. The Bertz CT molecular complexity index is 379. The van der Waals surface area contributed by atoms with Crippen LogP contribution in [0.1, 0.15) is 19.4 Å². The minimum Gasteiger partial charge on any atom is -0.395 e. The number of hydrogen-bond acceptors (Lipinski definition) is 3. The molecule has 0 aromatic heterocycles. The lowest BCUT2D eigenvalue weighted by Gasteiger charge is -2.29. The first kappa shape index (κ1) is 15.7. The van der Waals surface area contributed by atoms with Crippen molar-refractivity contribution >= 4 is 5.91 Å². The number of aliphatic hydroxyl groups is 1. The van der Waals surface area contributed by atoms with Crippen LogP contribution in [0.15, 0.2) is 30.3 Å². The predicted octanol–water partition coefficient (Wildman–Crippen LogP) is 1.35. The quantitative estimate of drug-likeness (QED) is 0.808. The molecule has 0 spiro atoms. The summed E-state index contributed by atoms with van der Waals surface area (Å²) in [5.74, 6) is 0.0924. The Morgan fingerprint density at radius 3 is 2.42 bits per heavy atom. The zero-order valence-corrected chi connectivity index (χ0v) is 12.0. The van der Waals surface area contributed by atoms with E-state index in [1.54, 1.807) is 0 Å².